The third-order valence-corrected chi connectivity index (χ3v) is 4.57. The van der Waals surface area contributed by atoms with Crippen LogP contribution in [-0.4, -0.2) is 52.2 Å². The van der Waals surface area contributed by atoms with Crippen LogP contribution in [0, 0.1) is 5.82 Å². The zero-order valence-corrected chi connectivity index (χ0v) is 12.4. The summed E-state index contributed by atoms with van der Waals surface area (Å²) >= 11 is 0. The highest BCUT2D eigenvalue weighted by Gasteiger charge is 2.31. The summed E-state index contributed by atoms with van der Waals surface area (Å²) in [5, 5.41) is 8.15. The van der Waals surface area contributed by atoms with Crippen molar-refractivity contribution in [2.24, 2.45) is 0 Å². The minimum Gasteiger partial charge on any atom is -0.419 e. The summed E-state index contributed by atoms with van der Waals surface area (Å²) < 4.78 is 18.9. The molecule has 22 heavy (non-hydrogen) atoms. The Morgan fingerprint density at radius 1 is 1.23 bits per heavy atom. The highest BCUT2D eigenvalue weighted by Crippen LogP contribution is 2.23. The average molecular weight is 302 g/mol. The smallest absolute Gasteiger partial charge is 0.247 e. The van der Waals surface area contributed by atoms with Crippen LogP contribution in [0.5, 0.6) is 0 Å². The molecule has 4 rings (SSSR count). The normalized spacial score (nSPS) is 22.9. The predicted molar refractivity (Wildman–Crippen MR) is 79.6 cm³/mol. The van der Waals surface area contributed by atoms with Gasteiger partial charge in [0.1, 0.15) is 5.82 Å². The molecule has 0 saturated carbocycles. The van der Waals surface area contributed by atoms with E-state index < -0.39 is 0 Å². The molecule has 5 nitrogen and oxygen atoms in total. The van der Waals surface area contributed by atoms with E-state index in [4.69, 9.17) is 4.42 Å². The lowest BCUT2D eigenvalue weighted by atomic mass is 10.1. The number of piperazine rings is 1. The number of hydrogen-bond donors (Lipinski definition) is 0. The number of rotatable bonds is 3. The number of fused-ring (bicyclic) bond motifs is 1. The van der Waals surface area contributed by atoms with Gasteiger partial charge in [-0.05, 0) is 37.6 Å². The molecule has 0 radical (unpaired) electrons. The maximum atomic E-state index is 13.3. The molecule has 0 bridgehead atoms. The Kier molecular flexibility index (Phi) is 3.63. The summed E-state index contributed by atoms with van der Waals surface area (Å²) in [6.45, 7) is 5.14. The molecule has 0 aliphatic carbocycles. The van der Waals surface area contributed by atoms with Gasteiger partial charge in [-0.25, -0.2) is 4.39 Å². The van der Waals surface area contributed by atoms with Crippen molar-refractivity contribution in [2.75, 3.05) is 26.2 Å². The van der Waals surface area contributed by atoms with Crippen molar-refractivity contribution < 1.29 is 8.81 Å². The van der Waals surface area contributed by atoms with Gasteiger partial charge < -0.3 is 4.42 Å². The second kappa shape index (κ2) is 5.78. The van der Waals surface area contributed by atoms with Crippen molar-refractivity contribution in [3.8, 4) is 11.5 Å². The first-order valence-corrected chi connectivity index (χ1v) is 7.83. The van der Waals surface area contributed by atoms with Crippen LogP contribution in [0.15, 0.2) is 28.7 Å². The molecule has 1 atom stereocenters. The van der Waals surface area contributed by atoms with Crippen LogP contribution in [0.4, 0.5) is 4.39 Å². The molecule has 2 aliphatic rings. The summed E-state index contributed by atoms with van der Waals surface area (Å²) in [6, 6.07) is 6.92. The highest BCUT2D eigenvalue weighted by molar-refractivity contribution is 5.52. The van der Waals surface area contributed by atoms with E-state index >= 15 is 0 Å². The Hall–Kier alpha value is -1.79. The van der Waals surface area contributed by atoms with Crippen LogP contribution in [0.3, 0.4) is 0 Å². The van der Waals surface area contributed by atoms with E-state index in [0.29, 0.717) is 29.9 Å². The van der Waals surface area contributed by atoms with Gasteiger partial charge in [0, 0.05) is 31.2 Å². The largest absolute Gasteiger partial charge is 0.419 e. The van der Waals surface area contributed by atoms with Gasteiger partial charge in [-0.2, -0.15) is 0 Å². The first kappa shape index (κ1) is 13.8. The van der Waals surface area contributed by atoms with Crippen LogP contribution in [0.25, 0.3) is 11.5 Å². The lowest BCUT2D eigenvalue weighted by Crippen LogP contribution is -2.49. The van der Waals surface area contributed by atoms with Gasteiger partial charge in [-0.1, -0.05) is 6.07 Å². The fourth-order valence-corrected chi connectivity index (χ4v) is 3.45. The molecular formula is C16H19FN4O. The minimum atomic E-state index is -0.297. The molecule has 1 unspecified atom stereocenters. The number of halogens is 1. The van der Waals surface area contributed by atoms with Gasteiger partial charge in [-0.3, -0.25) is 9.80 Å². The monoisotopic (exact) mass is 302 g/mol. The fraction of sp³-hybridized carbons (Fsp3) is 0.500. The van der Waals surface area contributed by atoms with E-state index in [-0.39, 0.29) is 5.82 Å². The van der Waals surface area contributed by atoms with Crippen molar-refractivity contribution in [2.45, 2.75) is 25.4 Å². The first-order chi connectivity index (χ1) is 10.8. The SMILES string of the molecule is Fc1cccc(-c2nnc(CN3CCN4CCCC4C3)o2)c1. The van der Waals surface area contributed by atoms with Crippen molar-refractivity contribution in [1.82, 2.24) is 20.0 Å². The van der Waals surface area contributed by atoms with Crippen molar-refractivity contribution in [3.05, 3.63) is 36.0 Å². The Morgan fingerprint density at radius 3 is 3.09 bits per heavy atom. The van der Waals surface area contributed by atoms with Crippen LogP contribution in [-0.2, 0) is 6.54 Å². The summed E-state index contributed by atoms with van der Waals surface area (Å²) in [4.78, 5) is 4.94. The standard InChI is InChI=1S/C16H19FN4O/c17-13-4-1-3-12(9-13)16-19-18-15(22-16)11-20-7-8-21-6-2-5-14(21)10-20/h1,3-4,9,14H,2,5-8,10-11H2. The van der Waals surface area contributed by atoms with Crippen molar-refractivity contribution >= 4 is 0 Å². The first-order valence-electron chi connectivity index (χ1n) is 7.83. The van der Waals surface area contributed by atoms with Gasteiger partial charge in [-0.15, -0.1) is 10.2 Å². The molecule has 0 spiro atoms. The van der Waals surface area contributed by atoms with E-state index in [1.807, 2.05) is 0 Å². The maximum Gasteiger partial charge on any atom is 0.247 e. The third kappa shape index (κ3) is 2.76. The lowest BCUT2D eigenvalue weighted by Gasteiger charge is -2.36. The Bertz CT molecular complexity index is 659. The van der Waals surface area contributed by atoms with E-state index in [0.717, 1.165) is 19.6 Å². The zero-order chi connectivity index (χ0) is 14.9. The predicted octanol–water partition coefficient (Wildman–Crippen LogP) is 2.16. The van der Waals surface area contributed by atoms with E-state index in [2.05, 4.69) is 20.0 Å². The molecule has 116 valence electrons. The second-order valence-corrected chi connectivity index (χ2v) is 6.08. The van der Waals surface area contributed by atoms with Crippen molar-refractivity contribution in [1.29, 1.82) is 0 Å². The minimum absolute atomic E-state index is 0.297. The molecule has 3 heterocycles. The van der Waals surface area contributed by atoms with Gasteiger partial charge >= 0.3 is 0 Å². The Morgan fingerprint density at radius 2 is 2.18 bits per heavy atom. The molecule has 2 aromatic rings. The molecule has 0 N–H and O–H groups in total. The number of aromatic nitrogens is 2. The Balaban J connectivity index is 1.44. The van der Waals surface area contributed by atoms with Gasteiger partial charge in [0.2, 0.25) is 11.8 Å². The molecule has 1 aromatic heterocycles. The van der Waals surface area contributed by atoms with E-state index in [1.165, 1.54) is 31.5 Å². The summed E-state index contributed by atoms with van der Waals surface area (Å²) in [5.74, 6) is 0.689. The fourth-order valence-electron chi connectivity index (χ4n) is 3.45. The van der Waals surface area contributed by atoms with Crippen LogP contribution in [0.1, 0.15) is 18.7 Å². The molecule has 2 fully saturated rings. The molecular weight excluding hydrogens is 283 g/mol. The van der Waals surface area contributed by atoms with Crippen molar-refractivity contribution in [3.63, 3.8) is 0 Å². The van der Waals surface area contributed by atoms with Crippen LogP contribution in [0.2, 0.25) is 0 Å². The highest BCUT2D eigenvalue weighted by atomic mass is 19.1. The summed E-state index contributed by atoms with van der Waals surface area (Å²) in [7, 11) is 0. The molecule has 0 amide bonds. The lowest BCUT2D eigenvalue weighted by molar-refractivity contribution is 0.0929. The maximum absolute atomic E-state index is 13.3. The van der Waals surface area contributed by atoms with Gasteiger partial charge in [0.15, 0.2) is 0 Å². The zero-order valence-electron chi connectivity index (χ0n) is 12.4. The van der Waals surface area contributed by atoms with E-state index in [9.17, 15) is 4.39 Å². The number of nitrogens with zero attached hydrogens (tertiary/aromatic N) is 4. The molecule has 2 aliphatic heterocycles. The van der Waals surface area contributed by atoms with E-state index in [1.54, 1.807) is 12.1 Å². The second-order valence-electron chi connectivity index (χ2n) is 6.08. The van der Waals surface area contributed by atoms with Gasteiger partial charge in [0.05, 0.1) is 6.54 Å². The molecule has 1 aromatic carbocycles. The number of benzene rings is 1. The Labute approximate surface area is 128 Å². The third-order valence-electron chi connectivity index (χ3n) is 4.57. The quantitative estimate of drug-likeness (QED) is 0.869. The summed E-state index contributed by atoms with van der Waals surface area (Å²) in [6.07, 6.45) is 2.59. The topological polar surface area (TPSA) is 45.4 Å². The molecule has 6 heteroatoms. The van der Waals surface area contributed by atoms with Crippen LogP contribution >= 0.6 is 0 Å². The number of hydrogen-bond acceptors (Lipinski definition) is 5. The average Bonchev–Trinajstić information content (AvgIpc) is 3.16. The summed E-state index contributed by atoms with van der Waals surface area (Å²) in [5.41, 5.74) is 0.624. The van der Waals surface area contributed by atoms with Crippen LogP contribution < -0.4 is 0 Å². The van der Waals surface area contributed by atoms with Gasteiger partial charge in [0.25, 0.3) is 0 Å². The molecule has 2 saturated heterocycles.